The van der Waals surface area contributed by atoms with Gasteiger partial charge in [0.1, 0.15) is 5.82 Å². The number of rotatable bonds is 4. The monoisotopic (exact) mass is 368 g/mol. The minimum atomic E-state index is -0.167. The van der Waals surface area contributed by atoms with Gasteiger partial charge in [-0.05, 0) is 55.5 Å². The Bertz CT molecular complexity index is 746. The minimum absolute atomic E-state index is 0.122. The van der Waals surface area contributed by atoms with Gasteiger partial charge in [-0.3, -0.25) is 9.80 Å². The first kappa shape index (κ1) is 20.0. The van der Waals surface area contributed by atoms with Crippen molar-refractivity contribution < 1.29 is 4.39 Å². The van der Waals surface area contributed by atoms with Gasteiger partial charge < -0.3 is 0 Å². The van der Waals surface area contributed by atoms with Gasteiger partial charge in [0, 0.05) is 37.8 Å². The van der Waals surface area contributed by atoms with Crippen LogP contribution in [-0.4, -0.2) is 35.0 Å². The summed E-state index contributed by atoms with van der Waals surface area (Å²) in [6.07, 6.45) is 0. The van der Waals surface area contributed by atoms with Crippen LogP contribution < -0.4 is 0 Å². The molecule has 3 rings (SSSR count). The van der Waals surface area contributed by atoms with Crippen molar-refractivity contribution in [3.05, 3.63) is 71.0 Å². The molecule has 1 fully saturated rings. The molecular weight excluding hydrogens is 335 g/mol. The third kappa shape index (κ3) is 4.77. The van der Waals surface area contributed by atoms with E-state index in [0.717, 1.165) is 26.2 Å². The van der Waals surface area contributed by atoms with Crippen molar-refractivity contribution in [1.29, 1.82) is 0 Å². The standard InChI is InChI=1S/C24H33FN2/c1-18(2)21-8-6-7-9-22(21)23-17-26(14-15-27(23)24(3,4)5)16-19-10-12-20(25)13-11-19/h6-13,18,23H,14-17H2,1-5H3. The van der Waals surface area contributed by atoms with Crippen LogP contribution in [0.1, 0.15) is 63.3 Å². The van der Waals surface area contributed by atoms with E-state index in [1.807, 2.05) is 12.1 Å². The topological polar surface area (TPSA) is 6.48 Å². The maximum Gasteiger partial charge on any atom is 0.123 e. The molecule has 0 aliphatic carbocycles. The van der Waals surface area contributed by atoms with Gasteiger partial charge in [0.05, 0.1) is 0 Å². The number of halogens is 1. The lowest BCUT2D eigenvalue weighted by Gasteiger charge is -2.49. The predicted octanol–water partition coefficient (Wildman–Crippen LogP) is 5.61. The molecule has 27 heavy (non-hydrogen) atoms. The Morgan fingerprint density at radius 2 is 1.67 bits per heavy atom. The molecule has 0 N–H and O–H groups in total. The maximum atomic E-state index is 13.2. The molecule has 2 aromatic rings. The van der Waals surface area contributed by atoms with Crippen molar-refractivity contribution in [1.82, 2.24) is 9.80 Å². The zero-order valence-corrected chi connectivity index (χ0v) is 17.4. The van der Waals surface area contributed by atoms with Crippen LogP contribution in [-0.2, 0) is 6.54 Å². The van der Waals surface area contributed by atoms with Gasteiger partial charge in [0.2, 0.25) is 0 Å². The molecule has 1 atom stereocenters. The molecule has 146 valence electrons. The number of hydrogen-bond acceptors (Lipinski definition) is 2. The highest BCUT2D eigenvalue weighted by Crippen LogP contribution is 2.36. The summed E-state index contributed by atoms with van der Waals surface area (Å²) in [6.45, 7) is 15.4. The van der Waals surface area contributed by atoms with Gasteiger partial charge in [-0.2, -0.15) is 0 Å². The van der Waals surface area contributed by atoms with Gasteiger partial charge in [-0.15, -0.1) is 0 Å². The lowest BCUT2D eigenvalue weighted by molar-refractivity contribution is 0.00554. The second-order valence-corrected chi connectivity index (χ2v) is 9.03. The minimum Gasteiger partial charge on any atom is -0.296 e. The second kappa shape index (κ2) is 8.12. The Labute approximate surface area is 164 Å². The quantitative estimate of drug-likeness (QED) is 0.692. The first-order chi connectivity index (χ1) is 12.8. The third-order valence-corrected chi connectivity index (χ3v) is 5.62. The van der Waals surface area contributed by atoms with Crippen molar-refractivity contribution in [2.75, 3.05) is 19.6 Å². The summed E-state index contributed by atoms with van der Waals surface area (Å²) >= 11 is 0. The summed E-state index contributed by atoms with van der Waals surface area (Å²) in [5, 5.41) is 0. The van der Waals surface area contributed by atoms with E-state index in [4.69, 9.17) is 0 Å². The summed E-state index contributed by atoms with van der Waals surface area (Å²) in [5.74, 6) is 0.343. The van der Waals surface area contributed by atoms with Crippen molar-refractivity contribution >= 4 is 0 Å². The van der Waals surface area contributed by atoms with E-state index in [1.165, 1.54) is 16.7 Å². The largest absolute Gasteiger partial charge is 0.296 e. The Hall–Kier alpha value is -1.71. The van der Waals surface area contributed by atoms with E-state index in [1.54, 1.807) is 12.1 Å². The Balaban J connectivity index is 1.88. The lowest BCUT2D eigenvalue weighted by Crippen LogP contribution is -2.55. The fourth-order valence-corrected chi connectivity index (χ4v) is 4.24. The summed E-state index contributed by atoms with van der Waals surface area (Å²) in [4.78, 5) is 5.16. The Morgan fingerprint density at radius 1 is 1.00 bits per heavy atom. The molecule has 2 nitrogen and oxygen atoms in total. The SMILES string of the molecule is CC(C)c1ccccc1C1CN(Cc2ccc(F)cc2)CCN1C(C)(C)C. The summed E-state index contributed by atoms with van der Waals surface area (Å²) in [5.41, 5.74) is 4.19. The molecule has 1 aliphatic heterocycles. The van der Waals surface area contributed by atoms with Gasteiger partial charge >= 0.3 is 0 Å². The van der Waals surface area contributed by atoms with Gasteiger partial charge in [-0.1, -0.05) is 50.2 Å². The summed E-state index contributed by atoms with van der Waals surface area (Å²) < 4.78 is 13.2. The number of nitrogens with zero attached hydrogens (tertiary/aromatic N) is 2. The Kier molecular flexibility index (Phi) is 6.02. The van der Waals surface area contributed by atoms with E-state index in [-0.39, 0.29) is 11.4 Å². The van der Waals surface area contributed by atoms with Crippen LogP contribution in [0.15, 0.2) is 48.5 Å². The van der Waals surface area contributed by atoms with E-state index in [9.17, 15) is 4.39 Å². The molecule has 0 amide bonds. The number of hydrogen-bond donors (Lipinski definition) is 0. The van der Waals surface area contributed by atoms with Crippen LogP contribution >= 0.6 is 0 Å². The molecule has 1 aliphatic rings. The maximum absolute atomic E-state index is 13.2. The fourth-order valence-electron chi connectivity index (χ4n) is 4.24. The normalized spacial score (nSPS) is 19.6. The lowest BCUT2D eigenvalue weighted by atomic mass is 9.88. The first-order valence-electron chi connectivity index (χ1n) is 10.1. The molecule has 1 saturated heterocycles. The summed E-state index contributed by atoms with van der Waals surface area (Å²) in [7, 11) is 0. The van der Waals surface area contributed by atoms with Crippen molar-refractivity contribution in [3.8, 4) is 0 Å². The molecule has 3 heteroatoms. The molecule has 0 saturated carbocycles. The average Bonchev–Trinajstić information content (AvgIpc) is 2.62. The molecule has 1 heterocycles. The highest BCUT2D eigenvalue weighted by molar-refractivity contribution is 5.33. The fraction of sp³-hybridized carbons (Fsp3) is 0.500. The van der Waals surface area contributed by atoms with E-state index in [0.29, 0.717) is 12.0 Å². The van der Waals surface area contributed by atoms with Crippen molar-refractivity contribution in [2.24, 2.45) is 0 Å². The van der Waals surface area contributed by atoms with E-state index >= 15 is 0 Å². The van der Waals surface area contributed by atoms with E-state index in [2.05, 4.69) is 68.7 Å². The van der Waals surface area contributed by atoms with Crippen LogP contribution in [0.3, 0.4) is 0 Å². The van der Waals surface area contributed by atoms with Crippen LogP contribution in [0.2, 0.25) is 0 Å². The first-order valence-corrected chi connectivity index (χ1v) is 10.1. The van der Waals surface area contributed by atoms with Crippen LogP contribution in [0.5, 0.6) is 0 Å². The number of benzene rings is 2. The zero-order chi connectivity index (χ0) is 19.6. The van der Waals surface area contributed by atoms with Gasteiger partial charge in [0.15, 0.2) is 0 Å². The highest BCUT2D eigenvalue weighted by Gasteiger charge is 2.35. The Morgan fingerprint density at radius 3 is 2.30 bits per heavy atom. The molecule has 0 bridgehead atoms. The molecule has 0 radical (unpaired) electrons. The van der Waals surface area contributed by atoms with Crippen LogP contribution in [0.25, 0.3) is 0 Å². The van der Waals surface area contributed by atoms with Crippen LogP contribution in [0.4, 0.5) is 4.39 Å². The van der Waals surface area contributed by atoms with E-state index < -0.39 is 0 Å². The molecule has 0 aromatic heterocycles. The molecular formula is C24H33FN2. The predicted molar refractivity (Wildman–Crippen MR) is 111 cm³/mol. The molecule has 2 aromatic carbocycles. The highest BCUT2D eigenvalue weighted by atomic mass is 19.1. The summed E-state index contributed by atoms with van der Waals surface area (Å²) in [6, 6.07) is 16.2. The van der Waals surface area contributed by atoms with Gasteiger partial charge in [-0.25, -0.2) is 4.39 Å². The molecule has 0 spiro atoms. The van der Waals surface area contributed by atoms with Gasteiger partial charge in [0.25, 0.3) is 0 Å². The smallest absolute Gasteiger partial charge is 0.123 e. The van der Waals surface area contributed by atoms with Crippen LogP contribution in [0, 0.1) is 5.82 Å². The van der Waals surface area contributed by atoms with Crippen molar-refractivity contribution in [2.45, 2.75) is 58.7 Å². The molecule has 1 unspecified atom stereocenters. The average molecular weight is 369 g/mol. The zero-order valence-electron chi connectivity index (χ0n) is 17.4. The third-order valence-electron chi connectivity index (χ3n) is 5.62. The van der Waals surface area contributed by atoms with Crippen molar-refractivity contribution in [3.63, 3.8) is 0 Å². The second-order valence-electron chi connectivity index (χ2n) is 9.03. The number of piperazine rings is 1.